The summed E-state index contributed by atoms with van der Waals surface area (Å²) < 4.78 is 4.94. The third-order valence-electron chi connectivity index (χ3n) is 2.01. The number of hydrogen-bond donors (Lipinski definition) is 0. The van der Waals surface area contributed by atoms with Gasteiger partial charge in [-0.25, -0.2) is 0 Å². The number of rotatable bonds is 7. The number of ether oxygens (including phenoxy) is 1. The van der Waals surface area contributed by atoms with Gasteiger partial charge in [0, 0.05) is 5.54 Å². The standard InChI is InChI=1S/C11H19ClO2/c1-3-5-6-7-10(8-9-12)11(13)14-4-2/h8-10H,3-7H2,1-2H3/b9-8-/t10-/m0/s1. The van der Waals surface area contributed by atoms with E-state index in [4.69, 9.17) is 16.3 Å². The van der Waals surface area contributed by atoms with E-state index in [1.807, 2.05) is 6.92 Å². The third-order valence-corrected chi connectivity index (χ3v) is 2.16. The molecule has 3 heteroatoms. The molecule has 0 aliphatic heterocycles. The summed E-state index contributed by atoms with van der Waals surface area (Å²) in [4.78, 5) is 11.4. The van der Waals surface area contributed by atoms with E-state index in [0.29, 0.717) is 6.61 Å². The zero-order valence-electron chi connectivity index (χ0n) is 8.96. The maximum Gasteiger partial charge on any atom is 0.312 e. The van der Waals surface area contributed by atoms with Crippen molar-refractivity contribution in [1.82, 2.24) is 0 Å². The second-order valence-corrected chi connectivity index (χ2v) is 3.42. The van der Waals surface area contributed by atoms with Gasteiger partial charge in [-0.05, 0) is 13.3 Å². The van der Waals surface area contributed by atoms with Gasteiger partial charge in [-0.1, -0.05) is 43.9 Å². The Morgan fingerprint density at radius 2 is 2.14 bits per heavy atom. The quantitative estimate of drug-likeness (QED) is 0.483. The van der Waals surface area contributed by atoms with Crippen molar-refractivity contribution in [3.63, 3.8) is 0 Å². The lowest BCUT2D eigenvalue weighted by atomic mass is 10.0. The van der Waals surface area contributed by atoms with Crippen molar-refractivity contribution in [3.8, 4) is 0 Å². The Kier molecular flexibility index (Phi) is 8.75. The van der Waals surface area contributed by atoms with Gasteiger partial charge in [0.2, 0.25) is 0 Å². The molecule has 1 atom stereocenters. The molecular weight excluding hydrogens is 200 g/mol. The van der Waals surface area contributed by atoms with Gasteiger partial charge in [-0.2, -0.15) is 0 Å². The first-order chi connectivity index (χ1) is 6.76. The van der Waals surface area contributed by atoms with E-state index < -0.39 is 0 Å². The van der Waals surface area contributed by atoms with Crippen molar-refractivity contribution in [2.75, 3.05) is 6.61 Å². The average Bonchev–Trinajstić information content (AvgIpc) is 2.17. The number of carbonyl (C=O) groups is 1. The van der Waals surface area contributed by atoms with E-state index in [-0.39, 0.29) is 11.9 Å². The van der Waals surface area contributed by atoms with Gasteiger partial charge in [0.15, 0.2) is 0 Å². The minimum absolute atomic E-state index is 0.166. The molecule has 0 rings (SSSR count). The van der Waals surface area contributed by atoms with Crippen LogP contribution in [-0.2, 0) is 9.53 Å². The summed E-state index contributed by atoms with van der Waals surface area (Å²) in [5.74, 6) is -0.334. The van der Waals surface area contributed by atoms with Crippen LogP contribution in [0.2, 0.25) is 0 Å². The van der Waals surface area contributed by atoms with Gasteiger partial charge in [0.1, 0.15) is 0 Å². The lowest BCUT2D eigenvalue weighted by Crippen LogP contribution is -2.15. The van der Waals surface area contributed by atoms with Crippen molar-refractivity contribution < 1.29 is 9.53 Å². The van der Waals surface area contributed by atoms with E-state index in [1.54, 1.807) is 6.08 Å². The summed E-state index contributed by atoms with van der Waals surface area (Å²) in [6.45, 7) is 4.38. The van der Waals surface area contributed by atoms with Crippen molar-refractivity contribution in [2.45, 2.75) is 39.5 Å². The van der Waals surface area contributed by atoms with Gasteiger partial charge in [0.05, 0.1) is 12.5 Å². The molecular formula is C11H19ClO2. The first-order valence-corrected chi connectivity index (χ1v) is 5.63. The normalized spacial score (nSPS) is 13.1. The zero-order valence-corrected chi connectivity index (χ0v) is 9.72. The fourth-order valence-electron chi connectivity index (χ4n) is 1.24. The van der Waals surface area contributed by atoms with E-state index in [1.165, 1.54) is 5.54 Å². The molecule has 0 N–H and O–H groups in total. The number of hydrogen-bond acceptors (Lipinski definition) is 2. The molecule has 0 spiro atoms. The summed E-state index contributed by atoms with van der Waals surface area (Å²) in [6.07, 6.45) is 5.87. The van der Waals surface area contributed by atoms with Crippen LogP contribution in [0.3, 0.4) is 0 Å². The van der Waals surface area contributed by atoms with Gasteiger partial charge in [-0.3, -0.25) is 4.79 Å². The first-order valence-electron chi connectivity index (χ1n) is 5.19. The predicted molar refractivity (Wildman–Crippen MR) is 59.3 cm³/mol. The van der Waals surface area contributed by atoms with E-state index in [0.717, 1.165) is 25.7 Å². The molecule has 0 saturated carbocycles. The molecule has 0 aliphatic carbocycles. The lowest BCUT2D eigenvalue weighted by molar-refractivity contribution is -0.146. The van der Waals surface area contributed by atoms with Crippen LogP contribution < -0.4 is 0 Å². The summed E-state index contributed by atoms with van der Waals surface area (Å²) in [7, 11) is 0. The molecule has 0 aromatic carbocycles. The molecule has 0 aliphatic rings. The van der Waals surface area contributed by atoms with Crippen LogP contribution >= 0.6 is 11.6 Å². The highest BCUT2D eigenvalue weighted by Gasteiger charge is 2.15. The Morgan fingerprint density at radius 3 is 2.64 bits per heavy atom. The molecule has 0 saturated heterocycles. The van der Waals surface area contributed by atoms with Crippen LogP contribution in [0, 0.1) is 5.92 Å². The minimum Gasteiger partial charge on any atom is -0.466 e. The monoisotopic (exact) mass is 218 g/mol. The third kappa shape index (κ3) is 6.03. The molecule has 0 fully saturated rings. The van der Waals surface area contributed by atoms with Crippen molar-refractivity contribution in [3.05, 3.63) is 11.6 Å². The lowest BCUT2D eigenvalue weighted by Gasteiger charge is -2.10. The molecule has 0 radical (unpaired) electrons. The molecule has 0 amide bonds. The van der Waals surface area contributed by atoms with Crippen molar-refractivity contribution >= 4 is 17.6 Å². The Morgan fingerprint density at radius 1 is 1.43 bits per heavy atom. The van der Waals surface area contributed by atoms with Crippen LogP contribution in [-0.4, -0.2) is 12.6 Å². The van der Waals surface area contributed by atoms with Crippen LogP contribution in [0.4, 0.5) is 0 Å². The molecule has 14 heavy (non-hydrogen) atoms. The zero-order chi connectivity index (χ0) is 10.8. The minimum atomic E-state index is -0.168. The topological polar surface area (TPSA) is 26.3 Å². The maximum atomic E-state index is 11.4. The molecule has 0 bridgehead atoms. The van der Waals surface area contributed by atoms with E-state index >= 15 is 0 Å². The Labute approximate surface area is 91.3 Å². The van der Waals surface area contributed by atoms with Crippen LogP contribution in [0.1, 0.15) is 39.5 Å². The SMILES string of the molecule is CCCCC[C@@H](/C=C\Cl)C(=O)OCC. The first kappa shape index (κ1) is 13.5. The Balaban J connectivity index is 3.94. The molecule has 0 heterocycles. The number of halogens is 1. The second-order valence-electron chi connectivity index (χ2n) is 3.17. The molecule has 2 nitrogen and oxygen atoms in total. The van der Waals surface area contributed by atoms with Gasteiger partial charge in [0.25, 0.3) is 0 Å². The Bertz CT molecular complexity index is 178. The maximum absolute atomic E-state index is 11.4. The number of carbonyl (C=O) groups excluding carboxylic acids is 1. The van der Waals surface area contributed by atoms with Gasteiger partial charge >= 0.3 is 5.97 Å². The highest BCUT2D eigenvalue weighted by Crippen LogP contribution is 2.13. The molecule has 82 valence electrons. The fourth-order valence-corrected chi connectivity index (χ4v) is 1.42. The number of unbranched alkanes of at least 4 members (excludes halogenated alkanes) is 2. The highest BCUT2D eigenvalue weighted by atomic mass is 35.5. The summed E-state index contributed by atoms with van der Waals surface area (Å²) in [5.41, 5.74) is 1.40. The molecule has 0 aromatic heterocycles. The van der Waals surface area contributed by atoms with E-state index in [2.05, 4.69) is 6.92 Å². The summed E-state index contributed by atoms with van der Waals surface area (Å²) >= 11 is 5.46. The van der Waals surface area contributed by atoms with Crippen molar-refractivity contribution in [2.24, 2.45) is 5.92 Å². The van der Waals surface area contributed by atoms with Crippen LogP contribution in [0.15, 0.2) is 11.6 Å². The van der Waals surface area contributed by atoms with Crippen molar-refractivity contribution in [1.29, 1.82) is 0 Å². The largest absolute Gasteiger partial charge is 0.466 e. The number of esters is 1. The highest BCUT2D eigenvalue weighted by molar-refractivity contribution is 6.25. The van der Waals surface area contributed by atoms with Crippen LogP contribution in [0.5, 0.6) is 0 Å². The Hall–Kier alpha value is -0.500. The fraction of sp³-hybridized carbons (Fsp3) is 0.727. The summed E-state index contributed by atoms with van der Waals surface area (Å²) in [6, 6.07) is 0. The summed E-state index contributed by atoms with van der Waals surface area (Å²) in [5, 5.41) is 0. The molecule has 0 aromatic rings. The van der Waals surface area contributed by atoms with E-state index in [9.17, 15) is 4.79 Å². The van der Waals surface area contributed by atoms with Crippen LogP contribution in [0.25, 0.3) is 0 Å². The predicted octanol–water partition coefficient (Wildman–Crippen LogP) is 3.50. The van der Waals surface area contributed by atoms with Gasteiger partial charge in [-0.15, -0.1) is 0 Å². The second kappa shape index (κ2) is 9.07. The molecule has 0 unspecified atom stereocenters. The average molecular weight is 219 g/mol. The smallest absolute Gasteiger partial charge is 0.312 e. The van der Waals surface area contributed by atoms with Gasteiger partial charge < -0.3 is 4.74 Å².